The third-order valence-electron chi connectivity index (χ3n) is 8.33. The lowest BCUT2D eigenvalue weighted by molar-refractivity contribution is -0.376. The van der Waals surface area contributed by atoms with Crippen molar-refractivity contribution in [3.05, 3.63) is 89.0 Å². The summed E-state index contributed by atoms with van der Waals surface area (Å²) in [6.07, 6.45) is -10.3. The number of anilines is 1. The van der Waals surface area contributed by atoms with E-state index in [9.17, 15) is 41.0 Å². The van der Waals surface area contributed by atoms with Crippen LogP contribution in [0.5, 0.6) is 11.5 Å². The van der Waals surface area contributed by atoms with Gasteiger partial charge in [0.05, 0.1) is 12.3 Å². The van der Waals surface area contributed by atoms with Gasteiger partial charge in [-0.05, 0) is 73.6 Å². The maximum atomic E-state index is 13.7. The number of nitrogens with zero attached hydrogens (tertiary/aromatic N) is 2. The number of carbonyl (C=O) groups excluding carboxylic acids is 2. The minimum Gasteiger partial charge on any atom is -0.493 e. The van der Waals surface area contributed by atoms with Gasteiger partial charge < -0.3 is 14.6 Å². The van der Waals surface area contributed by atoms with Crippen molar-refractivity contribution in [3.8, 4) is 11.5 Å². The quantitative estimate of drug-likeness (QED) is 0.0981. The average Bonchev–Trinajstić information content (AvgIpc) is 3.26. The largest absolute Gasteiger partial charge is 0.493 e. The Kier molecular flexibility index (Phi) is 11.9. The van der Waals surface area contributed by atoms with Crippen molar-refractivity contribution in [2.45, 2.75) is 89.9 Å². The van der Waals surface area contributed by atoms with Gasteiger partial charge in [0.2, 0.25) is 0 Å². The van der Waals surface area contributed by atoms with Gasteiger partial charge in [-0.25, -0.2) is 4.79 Å². The first-order valence-corrected chi connectivity index (χ1v) is 16.2. The standard InChI is InChI=1S/C36H40F6N2O5/c1-4-12-26-20-28(34(47,35(37,38)39)36(40,41)42)21-27(13-5-2)31(26)48-19-10-9-18-43-32(45)24(3)44(33(43)46)29-16-11-17-30(22-29)49-23-25-14-7-6-8-15-25/h6-8,11,14-17,20-22,24,47H,4-5,9-10,12-13,18-19,23H2,1-3H3. The van der Waals surface area contributed by atoms with Crippen molar-refractivity contribution in [2.75, 3.05) is 18.1 Å². The van der Waals surface area contributed by atoms with Gasteiger partial charge in [-0.1, -0.05) is 63.1 Å². The number of aryl methyl sites for hydroxylation is 2. The highest BCUT2D eigenvalue weighted by molar-refractivity contribution is 6.14. The topological polar surface area (TPSA) is 79.3 Å². The highest BCUT2D eigenvalue weighted by atomic mass is 19.4. The molecule has 1 aliphatic rings. The van der Waals surface area contributed by atoms with Gasteiger partial charge in [-0.3, -0.25) is 14.6 Å². The van der Waals surface area contributed by atoms with E-state index < -0.39 is 35.6 Å². The molecule has 3 aromatic carbocycles. The second kappa shape index (κ2) is 15.5. The van der Waals surface area contributed by atoms with Crippen LogP contribution in [-0.2, 0) is 29.8 Å². The van der Waals surface area contributed by atoms with E-state index in [1.54, 1.807) is 45.0 Å². The van der Waals surface area contributed by atoms with E-state index >= 15 is 0 Å². The fourth-order valence-electron chi connectivity index (χ4n) is 5.82. The lowest BCUT2D eigenvalue weighted by atomic mass is 9.87. The van der Waals surface area contributed by atoms with Crippen molar-refractivity contribution in [2.24, 2.45) is 0 Å². The number of imide groups is 1. The Hall–Kier alpha value is -4.26. The molecule has 0 saturated carbocycles. The molecular weight excluding hydrogens is 654 g/mol. The maximum Gasteiger partial charge on any atom is 0.430 e. The highest BCUT2D eigenvalue weighted by Gasteiger charge is 2.71. The zero-order chi connectivity index (χ0) is 36.0. The summed E-state index contributed by atoms with van der Waals surface area (Å²) >= 11 is 0. The number of rotatable bonds is 15. The molecule has 1 atom stereocenters. The molecule has 1 N–H and O–H groups in total. The van der Waals surface area contributed by atoms with E-state index in [2.05, 4.69) is 0 Å². The molecule has 1 heterocycles. The number of ether oxygens (including phenoxy) is 2. The molecule has 0 aliphatic carbocycles. The molecule has 1 saturated heterocycles. The molecule has 1 unspecified atom stereocenters. The molecule has 0 radical (unpaired) electrons. The van der Waals surface area contributed by atoms with E-state index in [0.717, 1.165) is 22.6 Å². The van der Waals surface area contributed by atoms with Crippen molar-refractivity contribution in [1.29, 1.82) is 0 Å². The molecule has 4 rings (SSSR count). The van der Waals surface area contributed by atoms with Crippen LogP contribution in [-0.4, -0.2) is 53.5 Å². The zero-order valence-electron chi connectivity index (χ0n) is 27.5. The molecule has 49 heavy (non-hydrogen) atoms. The van der Waals surface area contributed by atoms with E-state index in [1.807, 2.05) is 30.3 Å². The number of benzene rings is 3. The molecule has 0 spiro atoms. The third kappa shape index (κ3) is 8.14. The molecule has 1 fully saturated rings. The second-order valence-electron chi connectivity index (χ2n) is 12.0. The Balaban J connectivity index is 1.42. The average molecular weight is 695 g/mol. The van der Waals surface area contributed by atoms with Gasteiger partial charge >= 0.3 is 18.4 Å². The smallest absolute Gasteiger partial charge is 0.430 e. The Morgan fingerprint density at radius 3 is 1.98 bits per heavy atom. The molecule has 3 amide bonds. The van der Waals surface area contributed by atoms with Crippen LogP contribution in [0.2, 0.25) is 0 Å². The Bertz CT molecular complexity index is 1550. The number of aliphatic hydroxyl groups is 1. The van der Waals surface area contributed by atoms with Crippen LogP contribution in [0.15, 0.2) is 66.7 Å². The minimum atomic E-state index is -6.00. The number of alkyl halides is 6. The number of hydrogen-bond acceptors (Lipinski definition) is 5. The first kappa shape index (κ1) is 37.6. The number of amides is 3. The number of unbranched alkanes of at least 4 members (excludes halogenated alkanes) is 1. The molecule has 0 aromatic heterocycles. The summed E-state index contributed by atoms with van der Waals surface area (Å²) < 4.78 is 93.9. The van der Waals surface area contributed by atoms with Crippen LogP contribution in [0.1, 0.15) is 68.7 Å². The predicted octanol–water partition coefficient (Wildman–Crippen LogP) is 8.50. The minimum absolute atomic E-state index is 0.0336. The van der Waals surface area contributed by atoms with E-state index in [0.29, 0.717) is 43.7 Å². The fourth-order valence-corrected chi connectivity index (χ4v) is 5.82. The van der Waals surface area contributed by atoms with Crippen molar-refractivity contribution in [3.63, 3.8) is 0 Å². The Morgan fingerprint density at radius 2 is 1.41 bits per heavy atom. The van der Waals surface area contributed by atoms with Gasteiger partial charge in [0.1, 0.15) is 24.1 Å². The summed E-state index contributed by atoms with van der Waals surface area (Å²) in [6.45, 7) is 5.52. The predicted molar refractivity (Wildman–Crippen MR) is 171 cm³/mol. The van der Waals surface area contributed by atoms with Crippen molar-refractivity contribution < 1.29 is 50.5 Å². The Labute approximate surface area is 281 Å². The summed E-state index contributed by atoms with van der Waals surface area (Å²) in [7, 11) is 0. The molecule has 0 bridgehead atoms. The van der Waals surface area contributed by atoms with E-state index in [4.69, 9.17) is 9.47 Å². The summed E-state index contributed by atoms with van der Waals surface area (Å²) in [5.41, 5.74) is -4.62. The number of halogens is 6. The van der Waals surface area contributed by atoms with Gasteiger partial charge in [-0.2, -0.15) is 26.3 Å². The monoisotopic (exact) mass is 694 g/mol. The molecular formula is C36H40F6N2O5. The van der Waals surface area contributed by atoms with Crippen molar-refractivity contribution >= 4 is 17.6 Å². The SMILES string of the molecule is CCCc1cc(C(O)(C(F)(F)F)C(F)(F)F)cc(CCC)c1OCCCCN1C(=O)C(C)N(c2cccc(OCc3ccccc3)c2)C1=O. The second-order valence-corrected chi connectivity index (χ2v) is 12.0. The zero-order valence-corrected chi connectivity index (χ0v) is 27.5. The molecule has 1 aliphatic heterocycles. The van der Waals surface area contributed by atoms with Gasteiger partial charge in [-0.15, -0.1) is 0 Å². The van der Waals surface area contributed by atoms with Crippen LogP contribution < -0.4 is 14.4 Å². The summed E-state index contributed by atoms with van der Waals surface area (Å²) in [5, 5.41) is 10.1. The molecule has 3 aromatic rings. The van der Waals surface area contributed by atoms with Crippen LogP contribution in [0.4, 0.5) is 36.8 Å². The van der Waals surface area contributed by atoms with Gasteiger partial charge in [0.15, 0.2) is 0 Å². The fraction of sp³-hybridized carbons (Fsp3) is 0.444. The van der Waals surface area contributed by atoms with Gasteiger partial charge in [0.25, 0.3) is 11.5 Å². The molecule has 13 heteroatoms. The summed E-state index contributed by atoms with van der Waals surface area (Å²) in [4.78, 5) is 29.0. The first-order valence-electron chi connectivity index (χ1n) is 16.2. The third-order valence-corrected chi connectivity index (χ3v) is 8.33. The number of hydrogen-bond donors (Lipinski definition) is 1. The summed E-state index contributed by atoms with van der Waals surface area (Å²) in [5.74, 6) is 0.333. The van der Waals surface area contributed by atoms with Gasteiger partial charge in [0, 0.05) is 18.2 Å². The molecule has 266 valence electrons. The van der Waals surface area contributed by atoms with E-state index in [1.165, 1.54) is 4.90 Å². The summed E-state index contributed by atoms with van der Waals surface area (Å²) in [6, 6.07) is 16.7. The molecule has 7 nitrogen and oxygen atoms in total. The van der Waals surface area contributed by atoms with E-state index in [-0.39, 0.29) is 48.8 Å². The van der Waals surface area contributed by atoms with Crippen LogP contribution in [0.3, 0.4) is 0 Å². The number of carbonyl (C=O) groups is 2. The maximum absolute atomic E-state index is 13.7. The highest BCUT2D eigenvalue weighted by Crippen LogP contribution is 2.51. The normalized spacial score (nSPS) is 15.7. The lowest BCUT2D eigenvalue weighted by Gasteiger charge is -2.33. The van der Waals surface area contributed by atoms with Crippen LogP contribution in [0, 0.1) is 0 Å². The van der Waals surface area contributed by atoms with Crippen molar-refractivity contribution in [1.82, 2.24) is 4.90 Å². The van der Waals surface area contributed by atoms with Crippen LogP contribution >= 0.6 is 0 Å². The lowest BCUT2D eigenvalue weighted by Crippen LogP contribution is -2.54. The van der Waals surface area contributed by atoms with Crippen LogP contribution in [0.25, 0.3) is 0 Å². The first-order chi connectivity index (χ1) is 23.1. The number of urea groups is 1. The Morgan fingerprint density at radius 1 is 0.796 bits per heavy atom.